The quantitative estimate of drug-likeness (QED) is 0.469. The van der Waals surface area contributed by atoms with Gasteiger partial charge in [0.15, 0.2) is 0 Å². The van der Waals surface area contributed by atoms with Crippen LogP contribution in [0.2, 0.25) is 0 Å². The summed E-state index contributed by atoms with van der Waals surface area (Å²) in [5.74, 6) is -0.324. The van der Waals surface area contributed by atoms with Gasteiger partial charge in [-0.3, -0.25) is 4.79 Å². The van der Waals surface area contributed by atoms with E-state index >= 15 is 0 Å². The van der Waals surface area contributed by atoms with Gasteiger partial charge in [-0.1, -0.05) is 19.8 Å². The van der Waals surface area contributed by atoms with Gasteiger partial charge in [0.25, 0.3) is 0 Å². The van der Waals surface area contributed by atoms with Crippen LogP contribution in [0, 0.1) is 0 Å². The van der Waals surface area contributed by atoms with Crippen molar-refractivity contribution in [1.29, 1.82) is 0 Å². The Labute approximate surface area is 66.5 Å². The van der Waals surface area contributed by atoms with Gasteiger partial charge in [-0.15, -0.1) is 11.6 Å². The number of hydrogen-bond donors (Lipinski definition) is 0. The summed E-state index contributed by atoms with van der Waals surface area (Å²) < 4.78 is 4.44. The third-order valence-electron chi connectivity index (χ3n) is 1.27. The van der Waals surface area contributed by atoms with Crippen molar-refractivity contribution in [3.05, 3.63) is 0 Å². The van der Waals surface area contributed by atoms with Crippen molar-refractivity contribution in [2.24, 2.45) is 0 Å². The van der Waals surface area contributed by atoms with Crippen molar-refractivity contribution >= 4 is 17.6 Å². The van der Waals surface area contributed by atoms with Crippen LogP contribution in [-0.2, 0) is 9.53 Å². The molecule has 0 aliphatic heterocycles. The fourth-order valence-electron chi connectivity index (χ4n) is 0.629. The van der Waals surface area contributed by atoms with Crippen molar-refractivity contribution in [3.8, 4) is 0 Å². The van der Waals surface area contributed by atoms with E-state index in [9.17, 15) is 4.79 Å². The Balaban J connectivity index is 3.41. The molecule has 0 saturated carbocycles. The fourth-order valence-corrected chi connectivity index (χ4v) is 0.872. The maximum Gasteiger partial charge on any atom is 0.323 e. The molecule has 3 heteroatoms. The van der Waals surface area contributed by atoms with Crippen molar-refractivity contribution in [2.75, 3.05) is 7.11 Å². The van der Waals surface area contributed by atoms with E-state index in [-0.39, 0.29) is 5.97 Å². The van der Waals surface area contributed by atoms with Crippen LogP contribution in [0.5, 0.6) is 0 Å². The maximum absolute atomic E-state index is 10.7. The Morgan fingerprint density at radius 1 is 1.70 bits per heavy atom. The second kappa shape index (κ2) is 5.54. The molecule has 0 radical (unpaired) electrons. The highest BCUT2D eigenvalue weighted by molar-refractivity contribution is 6.29. The lowest BCUT2D eigenvalue weighted by Crippen LogP contribution is -2.15. The standard InChI is InChI=1S/C7H13ClO2/c1-3-4-5-6(8)7(9)10-2/h6H,3-5H2,1-2H3/t6-/m0/s1. The van der Waals surface area contributed by atoms with Gasteiger partial charge in [-0.05, 0) is 6.42 Å². The van der Waals surface area contributed by atoms with Crippen LogP contribution in [0.4, 0.5) is 0 Å². The van der Waals surface area contributed by atoms with Crippen LogP contribution in [-0.4, -0.2) is 18.5 Å². The van der Waals surface area contributed by atoms with Crippen LogP contribution in [0.25, 0.3) is 0 Å². The lowest BCUT2D eigenvalue weighted by atomic mass is 10.2. The molecule has 0 heterocycles. The monoisotopic (exact) mass is 164 g/mol. The normalized spacial score (nSPS) is 12.7. The van der Waals surface area contributed by atoms with E-state index in [0.717, 1.165) is 12.8 Å². The smallest absolute Gasteiger partial charge is 0.323 e. The highest BCUT2D eigenvalue weighted by Crippen LogP contribution is 2.08. The molecule has 0 N–H and O–H groups in total. The highest BCUT2D eigenvalue weighted by Gasteiger charge is 2.13. The molecule has 0 fully saturated rings. The second-order valence-electron chi connectivity index (χ2n) is 2.13. The van der Waals surface area contributed by atoms with Crippen molar-refractivity contribution < 1.29 is 9.53 Å². The molecular formula is C7H13ClO2. The average molecular weight is 165 g/mol. The molecule has 0 saturated heterocycles. The van der Waals surface area contributed by atoms with Crippen LogP contribution < -0.4 is 0 Å². The van der Waals surface area contributed by atoms with E-state index in [1.54, 1.807) is 0 Å². The number of halogens is 1. The van der Waals surface area contributed by atoms with Gasteiger partial charge in [0.05, 0.1) is 7.11 Å². The lowest BCUT2D eigenvalue weighted by molar-refractivity contribution is -0.140. The van der Waals surface area contributed by atoms with Gasteiger partial charge in [0.2, 0.25) is 0 Å². The predicted octanol–water partition coefficient (Wildman–Crippen LogP) is 1.96. The SMILES string of the molecule is CCCC[C@H](Cl)C(=O)OC. The minimum Gasteiger partial charge on any atom is -0.468 e. The molecule has 0 unspecified atom stereocenters. The fraction of sp³-hybridized carbons (Fsp3) is 0.857. The summed E-state index contributed by atoms with van der Waals surface area (Å²) in [5, 5.41) is -0.454. The predicted molar refractivity (Wildman–Crippen MR) is 41.2 cm³/mol. The van der Waals surface area contributed by atoms with Crippen LogP contribution >= 0.6 is 11.6 Å². The number of methoxy groups -OCH3 is 1. The van der Waals surface area contributed by atoms with E-state index in [1.807, 2.05) is 0 Å². The number of rotatable bonds is 4. The number of unbranched alkanes of at least 4 members (excludes halogenated alkanes) is 1. The Kier molecular flexibility index (Phi) is 5.40. The number of carbonyl (C=O) groups excluding carboxylic acids is 1. The van der Waals surface area contributed by atoms with Gasteiger partial charge < -0.3 is 4.74 Å². The first-order chi connectivity index (χ1) is 4.72. The molecule has 0 aromatic carbocycles. The van der Waals surface area contributed by atoms with E-state index in [1.165, 1.54) is 7.11 Å². The number of esters is 1. The average Bonchev–Trinajstić information content (AvgIpc) is 1.98. The maximum atomic E-state index is 10.7. The molecule has 0 aromatic heterocycles. The molecule has 1 atom stereocenters. The molecule has 60 valence electrons. The van der Waals surface area contributed by atoms with Gasteiger partial charge in [0, 0.05) is 0 Å². The van der Waals surface area contributed by atoms with E-state index < -0.39 is 5.38 Å². The largest absolute Gasteiger partial charge is 0.468 e. The van der Waals surface area contributed by atoms with Crippen LogP contribution in [0.3, 0.4) is 0 Å². The molecule has 0 aliphatic carbocycles. The first kappa shape index (κ1) is 9.76. The highest BCUT2D eigenvalue weighted by atomic mass is 35.5. The van der Waals surface area contributed by atoms with Gasteiger partial charge in [-0.2, -0.15) is 0 Å². The molecule has 10 heavy (non-hydrogen) atoms. The van der Waals surface area contributed by atoms with E-state index in [0.29, 0.717) is 6.42 Å². The second-order valence-corrected chi connectivity index (χ2v) is 2.66. The van der Waals surface area contributed by atoms with E-state index in [2.05, 4.69) is 11.7 Å². The minimum atomic E-state index is -0.454. The Bertz CT molecular complexity index is 104. The third-order valence-corrected chi connectivity index (χ3v) is 1.66. The molecule has 0 aliphatic rings. The topological polar surface area (TPSA) is 26.3 Å². The third kappa shape index (κ3) is 3.72. The number of carbonyl (C=O) groups is 1. The summed E-state index contributed by atoms with van der Waals surface area (Å²) in [6.07, 6.45) is 2.74. The Morgan fingerprint density at radius 2 is 2.30 bits per heavy atom. The molecule has 0 bridgehead atoms. The lowest BCUT2D eigenvalue weighted by Gasteiger charge is -2.04. The summed E-state index contributed by atoms with van der Waals surface area (Å²) >= 11 is 5.64. The van der Waals surface area contributed by atoms with Gasteiger partial charge in [-0.25, -0.2) is 0 Å². The number of ether oxygens (including phenoxy) is 1. The van der Waals surface area contributed by atoms with Gasteiger partial charge >= 0.3 is 5.97 Å². The van der Waals surface area contributed by atoms with Crippen molar-refractivity contribution in [1.82, 2.24) is 0 Å². The summed E-state index contributed by atoms with van der Waals surface area (Å²) in [4.78, 5) is 10.7. The summed E-state index contributed by atoms with van der Waals surface area (Å²) in [6, 6.07) is 0. The van der Waals surface area contributed by atoms with Crippen LogP contribution in [0.1, 0.15) is 26.2 Å². The zero-order valence-electron chi connectivity index (χ0n) is 6.39. The summed E-state index contributed by atoms with van der Waals surface area (Å²) in [7, 11) is 1.35. The minimum absolute atomic E-state index is 0.324. The van der Waals surface area contributed by atoms with Crippen LogP contribution in [0.15, 0.2) is 0 Å². The molecule has 2 nitrogen and oxygen atoms in total. The van der Waals surface area contributed by atoms with Gasteiger partial charge in [0.1, 0.15) is 5.38 Å². The Morgan fingerprint density at radius 3 is 2.70 bits per heavy atom. The molecular weight excluding hydrogens is 152 g/mol. The zero-order chi connectivity index (χ0) is 7.98. The first-order valence-electron chi connectivity index (χ1n) is 3.44. The molecule has 0 rings (SSSR count). The van der Waals surface area contributed by atoms with Crippen molar-refractivity contribution in [3.63, 3.8) is 0 Å². The van der Waals surface area contributed by atoms with E-state index in [4.69, 9.17) is 11.6 Å². The molecule has 0 aromatic rings. The summed E-state index contributed by atoms with van der Waals surface area (Å²) in [6.45, 7) is 2.06. The molecule has 0 amide bonds. The molecule has 0 spiro atoms. The summed E-state index contributed by atoms with van der Waals surface area (Å²) in [5.41, 5.74) is 0. The van der Waals surface area contributed by atoms with Crippen molar-refractivity contribution in [2.45, 2.75) is 31.6 Å². The zero-order valence-corrected chi connectivity index (χ0v) is 7.15. The Hall–Kier alpha value is -0.240. The number of hydrogen-bond acceptors (Lipinski definition) is 2. The number of alkyl halides is 1. The first-order valence-corrected chi connectivity index (χ1v) is 3.88.